The van der Waals surface area contributed by atoms with Gasteiger partial charge >= 0.3 is 0 Å². The molecule has 0 aliphatic heterocycles. The highest BCUT2D eigenvalue weighted by Crippen LogP contribution is 2.22. The number of carbonyl (C=O) groups is 1. The van der Waals surface area contributed by atoms with Gasteiger partial charge in [-0.2, -0.15) is 0 Å². The minimum atomic E-state index is -1.03. The van der Waals surface area contributed by atoms with Crippen LogP contribution in [0, 0.1) is 11.6 Å². The first-order chi connectivity index (χ1) is 8.47. The van der Waals surface area contributed by atoms with Gasteiger partial charge in [-0.15, -0.1) is 0 Å². The normalized spacial score (nSPS) is 10.4. The van der Waals surface area contributed by atoms with Crippen molar-refractivity contribution in [2.75, 3.05) is 0 Å². The average molecular weight is 376 g/mol. The average Bonchev–Trinajstić information content (AvgIpc) is 2.30. The molecule has 5 heteroatoms. The standard InChI is InChI=1S/C13H6Br2F2O/c14-9-3-8(4-10(15)6-9)13(18)7-1-2-11(16)12(17)5-7/h1-6H. The van der Waals surface area contributed by atoms with E-state index < -0.39 is 11.6 Å². The molecule has 0 aliphatic carbocycles. The van der Waals surface area contributed by atoms with E-state index in [0.717, 1.165) is 21.1 Å². The molecule has 18 heavy (non-hydrogen) atoms. The van der Waals surface area contributed by atoms with E-state index in [1.807, 2.05) is 0 Å². The third-order valence-corrected chi connectivity index (χ3v) is 3.22. The van der Waals surface area contributed by atoms with Crippen LogP contribution in [0.15, 0.2) is 45.3 Å². The van der Waals surface area contributed by atoms with Gasteiger partial charge in [0.1, 0.15) is 0 Å². The SMILES string of the molecule is O=C(c1cc(Br)cc(Br)c1)c1ccc(F)c(F)c1. The van der Waals surface area contributed by atoms with Crippen LogP contribution in [-0.4, -0.2) is 5.78 Å². The quantitative estimate of drug-likeness (QED) is 0.694. The zero-order chi connectivity index (χ0) is 13.3. The molecule has 1 nitrogen and oxygen atoms in total. The topological polar surface area (TPSA) is 17.1 Å². The van der Waals surface area contributed by atoms with Crippen LogP contribution >= 0.6 is 31.9 Å². The first-order valence-electron chi connectivity index (χ1n) is 4.93. The van der Waals surface area contributed by atoms with Gasteiger partial charge in [0.2, 0.25) is 0 Å². The number of carbonyl (C=O) groups excluding carboxylic acids is 1. The van der Waals surface area contributed by atoms with E-state index in [4.69, 9.17) is 0 Å². The lowest BCUT2D eigenvalue weighted by atomic mass is 10.0. The van der Waals surface area contributed by atoms with Crippen LogP contribution in [0.2, 0.25) is 0 Å². The van der Waals surface area contributed by atoms with Crippen LogP contribution in [0.25, 0.3) is 0 Å². The Labute approximate surface area is 119 Å². The highest BCUT2D eigenvalue weighted by atomic mass is 79.9. The lowest BCUT2D eigenvalue weighted by Gasteiger charge is -2.04. The monoisotopic (exact) mass is 374 g/mol. The lowest BCUT2D eigenvalue weighted by molar-refractivity contribution is 0.103. The Kier molecular flexibility index (Phi) is 3.92. The van der Waals surface area contributed by atoms with Crippen molar-refractivity contribution in [2.24, 2.45) is 0 Å². The van der Waals surface area contributed by atoms with Gasteiger partial charge in [0, 0.05) is 20.1 Å². The molecular formula is C13H6Br2F2O. The van der Waals surface area contributed by atoms with Crippen LogP contribution in [-0.2, 0) is 0 Å². The molecule has 0 unspecified atom stereocenters. The van der Waals surface area contributed by atoms with Crippen LogP contribution in [0.5, 0.6) is 0 Å². The molecule has 0 saturated carbocycles. The van der Waals surface area contributed by atoms with Gasteiger partial charge in [0.25, 0.3) is 0 Å². The molecule has 2 aromatic rings. The Hall–Kier alpha value is -1.07. The summed E-state index contributed by atoms with van der Waals surface area (Å²) in [5.74, 6) is -2.37. The van der Waals surface area contributed by atoms with Crippen LogP contribution in [0.1, 0.15) is 15.9 Å². The number of hydrogen-bond acceptors (Lipinski definition) is 1. The molecule has 0 spiro atoms. The Balaban J connectivity index is 2.44. The van der Waals surface area contributed by atoms with Crippen molar-refractivity contribution in [2.45, 2.75) is 0 Å². The zero-order valence-corrected chi connectivity index (χ0v) is 12.1. The lowest BCUT2D eigenvalue weighted by Crippen LogP contribution is -2.02. The number of ketones is 1. The zero-order valence-electron chi connectivity index (χ0n) is 8.88. The molecule has 0 amide bonds. The minimum Gasteiger partial charge on any atom is -0.289 e. The maximum atomic E-state index is 13.1. The molecular weight excluding hydrogens is 370 g/mol. The van der Waals surface area contributed by atoms with Crippen LogP contribution < -0.4 is 0 Å². The van der Waals surface area contributed by atoms with E-state index in [-0.39, 0.29) is 11.3 Å². The summed E-state index contributed by atoms with van der Waals surface area (Å²) >= 11 is 6.53. The first-order valence-corrected chi connectivity index (χ1v) is 6.52. The third kappa shape index (κ3) is 2.84. The van der Waals surface area contributed by atoms with E-state index in [1.54, 1.807) is 18.2 Å². The Morgan fingerprint density at radius 3 is 2.00 bits per heavy atom. The van der Waals surface area contributed by atoms with Gasteiger partial charge in [0.05, 0.1) is 0 Å². The van der Waals surface area contributed by atoms with Crippen molar-refractivity contribution >= 4 is 37.6 Å². The molecule has 0 bridgehead atoms. The van der Waals surface area contributed by atoms with Crippen molar-refractivity contribution in [1.29, 1.82) is 0 Å². The second-order valence-corrected chi connectivity index (χ2v) is 5.45. The van der Waals surface area contributed by atoms with Crippen molar-refractivity contribution in [1.82, 2.24) is 0 Å². The molecule has 0 fully saturated rings. The molecule has 0 aliphatic rings. The van der Waals surface area contributed by atoms with Crippen LogP contribution in [0.3, 0.4) is 0 Å². The summed E-state index contributed by atoms with van der Waals surface area (Å²) in [5, 5.41) is 0. The molecule has 0 saturated heterocycles. The maximum absolute atomic E-state index is 13.1. The van der Waals surface area contributed by atoms with Gasteiger partial charge in [-0.3, -0.25) is 4.79 Å². The van der Waals surface area contributed by atoms with Gasteiger partial charge in [-0.25, -0.2) is 8.78 Å². The number of benzene rings is 2. The first kappa shape index (κ1) is 13.4. The highest BCUT2D eigenvalue weighted by molar-refractivity contribution is 9.11. The Bertz CT molecular complexity index is 606. The molecule has 0 radical (unpaired) electrons. The predicted molar refractivity (Wildman–Crippen MR) is 71.6 cm³/mol. The van der Waals surface area contributed by atoms with Gasteiger partial charge in [-0.1, -0.05) is 31.9 Å². The van der Waals surface area contributed by atoms with Crippen molar-refractivity contribution < 1.29 is 13.6 Å². The highest BCUT2D eigenvalue weighted by Gasteiger charge is 2.13. The number of halogens is 4. The van der Waals surface area contributed by atoms with Crippen molar-refractivity contribution in [3.8, 4) is 0 Å². The van der Waals surface area contributed by atoms with E-state index in [9.17, 15) is 13.6 Å². The summed E-state index contributed by atoms with van der Waals surface area (Å²) in [5.41, 5.74) is 0.501. The summed E-state index contributed by atoms with van der Waals surface area (Å²) in [7, 11) is 0. The van der Waals surface area contributed by atoms with Gasteiger partial charge in [-0.05, 0) is 36.4 Å². The fraction of sp³-hybridized carbons (Fsp3) is 0. The molecule has 0 heterocycles. The van der Waals surface area contributed by atoms with E-state index in [0.29, 0.717) is 5.56 Å². The minimum absolute atomic E-state index is 0.110. The summed E-state index contributed by atoms with van der Waals surface area (Å²) in [6, 6.07) is 8.11. The fourth-order valence-corrected chi connectivity index (χ4v) is 2.78. The summed E-state index contributed by atoms with van der Waals surface area (Å²) in [6.45, 7) is 0. The smallest absolute Gasteiger partial charge is 0.193 e. The maximum Gasteiger partial charge on any atom is 0.193 e. The molecule has 0 N–H and O–H groups in total. The van der Waals surface area contributed by atoms with Crippen molar-refractivity contribution in [3.63, 3.8) is 0 Å². The van der Waals surface area contributed by atoms with E-state index in [2.05, 4.69) is 31.9 Å². The Morgan fingerprint density at radius 2 is 1.44 bits per heavy atom. The number of rotatable bonds is 2. The second kappa shape index (κ2) is 5.28. The van der Waals surface area contributed by atoms with E-state index >= 15 is 0 Å². The predicted octanol–water partition coefficient (Wildman–Crippen LogP) is 4.72. The molecule has 2 rings (SSSR count). The van der Waals surface area contributed by atoms with Crippen molar-refractivity contribution in [3.05, 3.63) is 68.1 Å². The summed E-state index contributed by atoms with van der Waals surface area (Å²) in [4.78, 5) is 12.1. The second-order valence-electron chi connectivity index (χ2n) is 3.62. The molecule has 92 valence electrons. The van der Waals surface area contributed by atoms with Gasteiger partial charge in [0.15, 0.2) is 17.4 Å². The molecule has 2 aromatic carbocycles. The van der Waals surface area contributed by atoms with Crippen LogP contribution in [0.4, 0.5) is 8.78 Å². The van der Waals surface area contributed by atoms with Gasteiger partial charge < -0.3 is 0 Å². The third-order valence-electron chi connectivity index (χ3n) is 2.31. The summed E-state index contributed by atoms with van der Waals surface area (Å²) < 4.78 is 27.3. The Morgan fingerprint density at radius 1 is 0.833 bits per heavy atom. The number of hydrogen-bond donors (Lipinski definition) is 0. The molecule has 0 atom stereocenters. The molecule has 0 aromatic heterocycles. The fourth-order valence-electron chi connectivity index (χ4n) is 1.49. The largest absolute Gasteiger partial charge is 0.289 e. The van der Waals surface area contributed by atoms with E-state index in [1.165, 1.54) is 6.07 Å². The summed E-state index contributed by atoms with van der Waals surface area (Å²) in [6.07, 6.45) is 0.